The smallest absolute Gasteiger partial charge is 0.475 e. The highest BCUT2D eigenvalue weighted by molar-refractivity contribution is 8.01. The van der Waals surface area contributed by atoms with E-state index in [2.05, 4.69) is 22.4 Å². The number of carbonyl (C=O) groups is 3. The van der Waals surface area contributed by atoms with Gasteiger partial charge in [0.15, 0.2) is 0 Å². The van der Waals surface area contributed by atoms with Crippen LogP contribution in [0, 0.1) is 5.92 Å². The monoisotopic (exact) mass is 633 g/mol. The second kappa shape index (κ2) is 15.8. The van der Waals surface area contributed by atoms with E-state index in [4.69, 9.17) is 21.5 Å². The fourth-order valence-corrected chi connectivity index (χ4v) is 7.23. The van der Waals surface area contributed by atoms with E-state index in [1.807, 2.05) is 57.2 Å². The number of rotatable bonds is 8. The van der Waals surface area contributed by atoms with Crippen molar-refractivity contribution in [3.8, 4) is 0 Å². The first kappa shape index (κ1) is 33.2. The van der Waals surface area contributed by atoms with Gasteiger partial charge in [-0.2, -0.15) is 13.2 Å². The number of carbonyl (C=O) groups excluding carboxylic acids is 2. The molecule has 2 aliphatic heterocycles. The van der Waals surface area contributed by atoms with E-state index in [9.17, 15) is 22.8 Å². The maximum Gasteiger partial charge on any atom is 0.490 e. The number of piperidine rings is 2. The van der Waals surface area contributed by atoms with Gasteiger partial charge < -0.3 is 19.8 Å². The Bertz CT molecular complexity index is 1140. The number of nitrogens with zero attached hydrogens (tertiary/aromatic N) is 3. The van der Waals surface area contributed by atoms with Gasteiger partial charge in [-0.15, -0.1) is 23.1 Å². The zero-order valence-corrected chi connectivity index (χ0v) is 25.2. The molecule has 2 aliphatic rings. The van der Waals surface area contributed by atoms with Crippen LogP contribution in [0.1, 0.15) is 39.0 Å². The summed E-state index contributed by atoms with van der Waals surface area (Å²) in [4.78, 5) is 40.4. The number of amides is 2. The molecule has 0 bridgehead atoms. The lowest BCUT2D eigenvalue weighted by Gasteiger charge is -2.35. The molecule has 0 aliphatic carbocycles. The second-order valence-electron chi connectivity index (χ2n) is 10.00. The molecule has 0 saturated carbocycles. The van der Waals surface area contributed by atoms with E-state index in [1.165, 1.54) is 17.1 Å². The first-order valence-electron chi connectivity index (χ1n) is 13.5. The van der Waals surface area contributed by atoms with Crippen LogP contribution in [0.5, 0.6) is 0 Å². The van der Waals surface area contributed by atoms with E-state index in [1.54, 1.807) is 6.92 Å². The van der Waals surface area contributed by atoms with Gasteiger partial charge in [-0.1, -0.05) is 23.7 Å². The molecule has 2 amide bonds. The minimum Gasteiger partial charge on any atom is -0.475 e. The van der Waals surface area contributed by atoms with Gasteiger partial charge in [-0.05, 0) is 81.4 Å². The number of carboxylic acid groups (broad SMARTS) is 1. The molecule has 7 nitrogen and oxygen atoms in total. The number of thiophene rings is 1. The van der Waals surface area contributed by atoms with Crippen LogP contribution in [-0.4, -0.2) is 83.4 Å². The number of hydrogen-bond acceptors (Lipinski definition) is 6. The van der Waals surface area contributed by atoms with Crippen LogP contribution in [-0.2, 0) is 14.4 Å². The van der Waals surface area contributed by atoms with Crippen LogP contribution in [0.25, 0.3) is 0 Å². The average Bonchev–Trinajstić information content (AvgIpc) is 3.45. The molecule has 41 heavy (non-hydrogen) atoms. The van der Waals surface area contributed by atoms with Crippen LogP contribution in [0.3, 0.4) is 0 Å². The van der Waals surface area contributed by atoms with Crippen molar-refractivity contribution in [2.45, 2.75) is 54.7 Å². The summed E-state index contributed by atoms with van der Waals surface area (Å²) in [5, 5.41) is 10.6. The van der Waals surface area contributed by atoms with Crippen molar-refractivity contribution in [3.63, 3.8) is 0 Å². The Hall–Kier alpha value is -2.28. The summed E-state index contributed by atoms with van der Waals surface area (Å²) in [7, 11) is 0. The fourth-order valence-electron chi connectivity index (χ4n) is 4.87. The zero-order valence-electron chi connectivity index (χ0n) is 22.8. The molecule has 13 heteroatoms. The Labute approximate surface area is 251 Å². The van der Waals surface area contributed by atoms with Gasteiger partial charge in [-0.25, -0.2) is 4.79 Å². The number of alkyl halides is 3. The third-order valence-electron chi connectivity index (χ3n) is 7.09. The minimum absolute atomic E-state index is 0.0420. The largest absolute Gasteiger partial charge is 0.490 e. The topological polar surface area (TPSA) is 81.2 Å². The Morgan fingerprint density at radius 1 is 1.07 bits per heavy atom. The van der Waals surface area contributed by atoms with Crippen molar-refractivity contribution in [3.05, 3.63) is 46.8 Å². The summed E-state index contributed by atoms with van der Waals surface area (Å²) in [6.07, 6.45) is -0.258. The molecular formula is C28H35ClF3N3O4S2. The zero-order chi connectivity index (χ0) is 30.0. The SMILES string of the molecule is CC(=O)N1CCC(C(=O)N(CCCN2CCC(Sc3cccs3)CC2)c2cccc(Cl)c2)CC1.O=C(O)C(F)(F)F. The highest BCUT2D eigenvalue weighted by atomic mass is 35.5. The quantitative estimate of drug-likeness (QED) is 0.369. The molecule has 0 spiro atoms. The van der Waals surface area contributed by atoms with Gasteiger partial charge in [-0.3, -0.25) is 9.59 Å². The number of likely N-dealkylation sites (tertiary alicyclic amines) is 2. The summed E-state index contributed by atoms with van der Waals surface area (Å²) in [6.45, 7) is 6.86. The van der Waals surface area contributed by atoms with Gasteiger partial charge >= 0.3 is 12.1 Å². The first-order valence-corrected chi connectivity index (χ1v) is 15.6. The number of aliphatic carboxylic acids is 1. The Morgan fingerprint density at radius 3 is 2.27 bits per heavy atom. The first-order chi connectivity index (χ1) is 19.4. The van der Waals surface area contributed by atoms with Crippen LogP contribution in [0.4, 0.5) is 18.9 Å². The van der Waals surface area contributed by atoms with E-state index in [-0.39, 0.29) is 17.7 Å². The third-order valence-corrected chi connectivity index (χ3v) is 9.73. The summed E-state index contributed by atoms with van der Waals surface area (Å²) in [6, 6.07) is 12.0. The molecule has 2 fully saturated rings. The normalized spacial score (nSPS) is 17.0. The summed E-state index contributed by atoms with van der Waals surface area (Å²) in [5.41, 5.74) is 0.873. The average molecular weight is 634 g/mol. The number of halogens is 4. The van der Waals surface area contributed by atoms with Crippen LogP contribution in [0.15, 0.2) is 46.0 Å². The van der Waals surface area contributed by atoms with E-state index in [0.29, 0.717) is 29.9 Å². The van der Waals surface area contributed by atoms with Gasteiger partial charge in [0, 0.05) is 48.4 Å². The summed E-state index contributed by atoms with van der Waals surface area (Å²) in [5.74, 6) is -2.54. The highest BCUT2D eigenvalue weighted by Crippen LogP contribution is 2.33. The molecular weight excluding hydrogens is 599 g/mol. The van der Waals surface area contributed by atoms with Crippen molar-refractivity contribution in [2.24, 2.45) is 5.92 Å². The molecule has 0 unspecified atom stereocenters. The molecule has 226 valence electrons. The van der Waals surface area contributed by atoms with Crippen molar-refractivity contribution in [1.29, 1.82) is 0 Å². The number of anilines is 1. The lowest BCUT2D eigenvalue weighted by Crippen LogP contribution is -2.45. The van der Waals surface area contributed by atoms with E-state index >= 15 is 0 Å². The van der Waals surface area contributed by atoms with Gasteiger partial charge in [0.25, 0.3) is 0 Å². The van der Waals surface area contributed by atoms with Crippen LogP contribution < -0.4 is 4.90 Å². The van der Waals surface area contributed by atoms with Crippen LogP contribution in [0.2, 0.25) is 5.02 Å². The maximum atomic E-state index is 13.5. The van der Waals surface area contributed by atoms with Gasteiger partial charge in [0.2, 0.25) is 11.8 Å². The highest BCUT2D eigenvalue weighted by Gasteiger charge is 2.38. The predicted octanol–water partition coefficient (Wildman–Crippen LogP) is 6.27. The number of carboxylic acids is 1. The maximum absolute atomic E-state index is 13.5. The van der Waals surface area contributed by atoms with Crippen molar-refractivity contribution < 1.29 is 32.7 Å². The molecule has 1 aromatic heterocycles. The number of thioether (sulfide) groups is 1. The van der Waals surface area contributed by atoms with Crippen molar-refractivity contribution in [1.82, 2.24) is 9.80 Å². The fraction of sp³-hybridized carbons (Fsp3) is 0.536. The summed E-state index contributed by atoms with van der Waals surface area (Å²) < 4.78 is 33.2. The molecule has 4 rings (SSSR count). The number of hydrogen-bond donors (Lipinski definition) is 1. The Morgan fingerprint density at radius 2 is 1.73 bits per heavy atom. The van der Waals surface area contributed by atoms with Gasteiger partial charge in [0.05, 0.1) is 4.21 Å². The Kier molecular flexibility index (Phi) is 12.8. The molecule has 0 radical (unpaired) electrons. The second-order valence-corrected chi connectivity index (χ2v) is 13.0. The minimum atomic E-state index is -5.08. The molecule has 2 saturated heterocycles. The van der Waals surface area contributed by atoms with Crippen LogP contribution >= 0.6 is 34.7 Å². The summed E-state index contributed by atoms with van der Waals surface area (Å²) >= 11 is 10.1. The molecule has 3 heterocycles. The lowest BCUT2D eigenvalue weighted by molar-refractivity contribution is -0.192. The van der Waals surface area contributed by atoms with E-state index in [0.717, 1.165) is 44.6 Å². The van der Waals surface area contributed by atoms with E-state index < -0.39 is 12.1 Å². The molecule has 1 N–H and O–H groups in total. The molecule has 0 atom stereocenters. The third kappa shape index (κ3) is 10.8. The molecule has 2 aromatic rings. The molecule has 1 aromatic carbocycles. The Balaban J connectivity index is 0.000000587. The van der Waals surface area contributed by atoms with Crippen molar-refractivity contribution >= 4 is 58.2 Å². The number of benzene rings is 1. The predicted molar refractivity (Wildman–Crippen MR) is 157 cm³/mol. The lowest BCUT2D eigenvalue weighted by atomic mass is 9.94. The van der Waals surface area contributed by atoms with Crippen molar-refractivity contribution in [2.75, 3.05) is 44.2 Å². The van der Waals surface area contributed by atoms with Gasteiger partial charge in [0.1, 0.15) is 0 Å². The standard InChI is InChI=1S/C26H34ClN3O2S2.C2HF3O2/c1-20(31)29-16-8-21(9-17-29)26(32)30(23-6-2-5-22(27)19-23)13-4-12-28-14-10-24(11-15-28)34-25-7-3-18-33-25;3-2(4,5)1(6)7/h2-3,5-7,18-19,21,24H,4,8-17H2,1H3;(H,6,7).